The van der Waals surface area contributed by atoms with E-state index in [9.17, 15) is 13.2 Å². The lowest BCUT2D eigenvalue weighted by Gasteiger charge is -2.15. The first-order valence-electron chi connectivity index (χ1n) is 8.91. The summed E-state index contributed by atoms with van der Waals surface area (Å²) in [5.74, 6) is 0.313. The second kappa shape index (κ2) is 8.54. The number of hydrogen-bond donors (Lipinski definition) is 0. The summed E-state index contributed by atoms with van der Waals surface area (Å²) >= 11 is 0. The van der Waals surface area contributed by atoms with Crippen molar-refractivity contribution < 1.29 is 22.7 Å². The standard InChI is InChI=1S/C20H23NO5S/c1-25-18-8-4-16(5-9-18)12-15-26-20(22)17-6-10-19(11-7-17)27(23,24)21-13-2-3-14-21/h4-11H,2-3,12-15H2,1H3. The molecule has 0 aromatic heterocycles. The monoisotopic (exact) mass is 389 g/mol. The number of nitrogens with zero attached hydrogens (tertiary/aromatic N) is 1. The Morgan fingerprint density at radius 3 is 2.22 bits per heavy atom. The minimum atomic E-state index is -3.47. The summed E-state index contributed by atoms with van der Waals surface area (Å²) in [6.07, 6.45) is 2.37. The lowest BCUT2D eigenvalue weighted by atomic mass is 10.1. The molecular weight excluding hydrogens is 366 g/mol. The number of carbonyl (C=O) groups is 1. The van der Waals surface area contributed by atoms with Gasteiger partial charge in [0.15, 0.2) is 0 Å². The maximum Gasteiger partial charge on any atom is 0.338 e. The molecule has 0 bridgehead atoms. The van der Waals surface area contributed by atoms with Gasteiger partial charge in [-0.3, -0.25) is 0 Å². The molecule has 1 fully saturated rings. The van der Waals surface area contributed by atoms with Crippen LogP contribution in [0, 0.1) is 0 Å². The fourth-order valence-corrected chi connectivity index (χ4v) is 4.49. The smallest absolute Gasteiger partial charge is 0.338 e. The van der Waals surface area contributed by atoms with Crippen LogP contribution < -0.4 is 4.74 Å². The highest BCUT2D eigenvalue weighted by molar-refractivity contribution is 7.89. The third kappa shape index (κ3) is 4.67. The Kier molecular flexibility index (Phi) is 6.13. The Hall–Kier alpha value is -2.38. The van der Waals surface area contributed by atoms with Crippen LogP contribution in [0.15, 0.2) is 53.4 Å². The molecule has 2 aromatic rings. The van der Waals surface area contributed by atoms with Crippen LogP contribution in [0.1, 0.15) is 28.8 Å². The number of esters is 1. The van der Waals surface area contributed by atoms with Gasteiger partial charge in [0.2, 0.25) is 10.0 Å². The Morgan fingerprint density at radius 2 is 1.63 bits per heavy atom. The summed E-state index contributed by atoms with van der Waals surface area (Å²) in [6.45, 7) is 1.36. The summed E-state index contributed by atoms with van der Waals surface area (Å²) < 4.78 is 36.9. The molecule has 0 N–H and O–H groups in total. The van der Waals surface area contributed by atoms with Gasteiger partial charge in [-0.1, -0.05) is 12.1 Å². The number of methoxy groups -OCH3 is 1. The number of hydrogen-bond acceptors (Lipinski definition) is 5. The first kappa shape index (κ1) is 19.4. The van der Waals surface area contributed by atoms with Gasteiger partial charge >= 0.3 is 5.97 Å². The van der Waals surface area contributed by atoms with E-state index in [0.29, 0.717) is 25.1 Å². The molecule has 3 rings (SSSR count). The van der Waals surface area contributed by atoms with Gasteiger partial charge in [0.1, 0.15) is 5.75 Å². The van der Waals surface area contributed by atoms with Crippen LogP contribution in [0.5, 0.6) is 5.75 Å². The normalized spacial score (nSPS) is 14.9. The highest BCUT2D eigenvalue weighted by Crippen LogP contribution is 2.21. The van der Waals surface area contributed by atoms with Crippen molar-refractivity contribution in [2.24, 2.45) is 0 Å². The van der Waals surface area contributed by atoms with Crippen LogP contribution in [-0.4, -0.2) is 45.5 Å². The Morgan fingerprint density at radius 1 is 1.00 bits per heavy atom. The zero-order valence-electron chi connectivity index (χ0n) is 15.3. The first-order valence-corrected chi connectivity index (χ1v) is 10.3. The second-order valence-electron chi connectivity index (χ2n) is 6.37. The van der Waals surface area contributed by atoms with E-state index >= 15 is 0 Å². The van der Waals surface area contributed by atoms with E-state index in [1.54, 1.807) is 7.11 Å². The number of rotatable bonds is 7. The van der Waals surface area contributed by atoms with Crippen molar-refractivity contribution in [3.63, 3.8) is 0 Å². The maximum atomic E-state index is 12.5. The highest BCUT2D eigenvalue weighted by Gasteiger charge is 2.27. The van der Waals surface area contributed by atoms with Crippen LogP contribution in [0.2, 0.25) is 0 Å². The summed E-state index contributed by atoms with van der Waals surface area (Å²) in [7, 11) is -1.86. The Labute approximate surface area is 159 Å². The molecule has 2 aromatic carbocycles. The van der Waals surface area contributed by atoms with Gasteiger partial charge < -0.3 is 9.47 Å². The van der Waals surface area contributed by atoms with Crippen molar-refractivity contribution in [3.05, 3.63) is 59.7 Å². The summed E-state index contributed by atoms with van der Waals surface area (Å²) in [5, 5.41) is 0. The fraction of sp³-hybridized carbons (Fsp3) is 0.350. The van der Waals surface area contributed by atoms with Crippen molar-refractivity contribution in [2.45, 2.75) is 24.2 Å². The van der Waals surface area contributed by atoms with E-state index in [1.807, 2.05) is 24.3 Å². The highest BCUT2D eigenvalue weighted by atomic mass is 32.2. The lowest BCUT2D eigenvalue weighted by Crippen LogP contribution is -2.27. The Balaban J connectivity index is 1.55. The average molecular weight is 389 g/mol. The first-order chi connectivity index (χ1) is 13.0. The molecular formula is C20H23NO5S. The predicted molar refractivity (Wildman–Crippen MR) is 101 cm³/mol. The largest absolute Gasteiger partial charge is 0.497 e. The summed E-state index contributed by atoms with van der Waals surface area (Å²) in [4.78, 5) is 12.4. The number of benzene rings is 2. The maximum absolute atomic E-state index is 12.5. The molecule has 0 atom stereocenters. The number of carbonyl (C=O) groups excluding carboxylic acids is 1. The molecule has 1 heterocycles. The summed E-state index contributed by atoms with van der Waals surface area (Å²) in [5.41, 5.74) is 1.38. The Bertz CT molecular complexity index is 870. The van der Waals surface area contributed by atoms with Crippen LogP contribution in [0.4, 0.5) is 0 Å². The molecule has 0 aliphatic carbocycles. The topological polar surface area (TPSA) is 72.9 Å². The zero-order chi connectivity index (χ0) is 19.3. The van der Waals surface area contributed by atoms with Crippen LogP contribution in [0.3, 0.4) is 0 Å². The van der Waals surface area contributed by atoms with Crippen molar-refractivity contribution in [2.75, 3.05) is 26.8 Å². The van der Waals surface area contributed by atoms with Crippen LogP contribution >= 0.6 is 0 Å². The van der Waals surface area contributed by atoms with Crippen molar-refractivity contribution in [1.82, 2.24) is 4.31 Å². The molecule has 0 radical (unpaired) electrons. The minimum absolute atomic E-state index is 0.208. The van der Waals surface area contributed by atoms with Gasteiger partial charge in [0.25, 0.3) is 0 Å². The molecule has 144 valence electrons. The summed E-state index contributed by atoms with van der Waals surface area (Å²) in [6, 6.07) is 13.5. The molecule has 7 heteroatoms. The van der Waals surface area contributed by atoms with Gasteiger partial charge in [0.05, 0.1) is 24.2 Å². The second-order valence-corrected chi connectivity index (χ2v) is 8.31. The van der Waals surface area contributed by atoms with Gasteiger partial charge in [-0.05, 0) is 54.8 Å². The van der Waals surface area contributed by atoms with E-state index in [1.165, 1.54) is 28.6 Å². The fourth-order valence-electron chi connectivity index (χ4n) is 2.98. The van der Waals surface area contributed by atoms with Gasteiger partial charge in [-0.15, -0.1) is 0 Å². The molecule has 27 heavy (non-hydrogen) atoms. The van der Waals surface area contributed by atoms with Crippen LogP contribution in [-0.2, 0) is 21.2 Å². The molecule has 6 nitrogen and oxygen atoms in total. The molecule has 1 aliphatic heterocycles. The SMILES string of the molecule is COc1ccc(CCOC(=O)c2ccc(S(=O)(=O)N3CCCC3)cc2)cc1. The van der Waals surface area contributed by atoms with Crippen molar-refractivity contribution in [3.8, 4) is 5.75 Å². The van der Waals surface area contributed by atoms with Gasteiger partial charge in [-0.2, -0.15) is 4.31 Å². The van der Waals surface area contributed by atoms with Gasteiger partial charge in [0, 0.05) is 19.5 Å². The van der Waals surface area contributed by atoms with Crippen molar-refractivity contribution in [1.29, 1.82) is 0 Å². The van der Waals surface area contributed by atoms with Crippen LogP contribution in [0.25, 0.3) is 0 Å². The molecule has 1 aliphatic rings. The number of sulfonamides is 1. The van der Waals surface area contributed by atoms with E-state index in [0.717, 1.165) is 24.2 Å². The predicted octanol–water partition coefficient (Wildman–Crippen LogP) is 2.88. The molecule has 0 amide bonds. The zero-order valence-corrected chi connectivity index (χ0v) is 16.1. The molecule has 0 unspecified atom stereocenters. The quantitative estimate of drug-likeness (QED) is 0.681. The molecule has 0 saturated carbocycles. The van der Waals surface area contributed by atoms with Crippen molar-refractivity contribution >= 4 is 16.0 Å². The number of ether oxygens (including phenoxy) is 2. The molecule has 1 saturated heterocycles. The lowest BCUT2D eigenvalue weighted by molar-refractivity contribution is 0.0509. The van der Waals surface area contributed by atoms with E-state index in [4.69, 9.17) is 9.47 Å². The molecule has 0 spiro atoms. The third-order valence-electron chi connectivity index (χ3n) is 4.58. The minimum Gasteiger partial charge on any atom is -0.497 e. The average Bonchev–Trinajstić information content (AvgIpc) is 3.24. The van der Waals surface area contributed by atoms with E-state index < -0.39 is 16.0 Å². The van der Waals surface area contributed by atoms with Gasteiger partial charge in [-0.25, -0.2) is 13.2 Å². The van der Waals surface area contributed by atoms with E-state index in [2.05, 4.69) is 0 Å². The van der Waals surface area contributed by atoms with E-state index in [-0.39, 0.29) is 11.5 Å². The third-order valence-corrected chi connectivity index (χ3v) is 6.49.